The van der Waals surface area contributed by atoms with Gasteiger partial charge >= 0.3 is 13.8 Å². The number of unbranched alkanes of at least 4 members (excludes halogenated alkanes) is 52. The van der Waals surface area contributed by atoms with Crippen LogP contribution in [0.4, 0.5) is 0 Å². The number of quaternary nitrogens is 1. The number of carbonyl (C=O) groups is 2. The van der Waals surface area contributed by atoms with Crippen molar-refractivity contribution in [2.24, 2.45) is 0 Å². The minimum Gasteiger partial charge on any atom is -0.456 e. The van der Waals surface area contributed by atoms with Gasteiger partial charge in [0.15, 0.2) is 0 Å². The molecule has 82 heavy (non-hydrogen) atoms. The third kappa shape index (κ3) is 63.3. The number of ether oxygens (including phenoxy) is 1. The number of likely N-dealkylation sites (N-methyl/N-ethyl adjacent to an activating group) is 1. The number of allylic oxidation sites excluding steroid dienone is 1. The van der Waals surface area contributed by atoms with E-state index < -0.39 is 20.0 Å². The average Bonchev–Trinajstić information content (AvgIpc) is 3.44. The van der Waals surface area contributed by atoms with Crippen LogP contribution in [0, 0.1) is 0 Å². The molecule has 0 heterocycles. The van der Waals surface area contributed by atoms with Crippen LogP contribution in [0.5, 0.6) is 0 Å². The average molecular weight is 1180 g/mol. The number of rotatable bonds is 68. The summed E-state index contributed by atoms with van der Waals surface area (Å²) in [6.45, 7) is 7.09. The van der Waals surface area contributed by atoms with E-state index >= 15 is 0 Å². The predicted molar refractivity (Wildman–Crippen MR) is 356 cm³/mol. The molecule has 488 valence electrons. The minimum absolute atomic E-state index is 0.0461. The summed E-state index contributed by atoms with van der Waals surface area (Å²) in [5.41, 5.74) is 0. The van der Waals surface area contributed by atoms with E-state index in [0.717, 1.165) is 57.8 Å². The molecule has 0 saturated heterocycles. The van der Waals surface area contributed by atoms with Crippen LogP contribution in [0.15, 0.2) is 12.2 Å². The van der Waals surface area contributed by atoms with Gasteiger partial charge in [-0.3, -0.25) is 18.6 Å². The molecule has 0 aliphatic carbocycles. The van der Waals surface area contributed by atoms with Gasteiger partial charge in [0, 0.05) is 12.8 Å². The van der Waals surface area contributed by atoms with E-state index in [1.807, 2.05) is 27.2 Å². The number of carbonyl (C=O) groups excluding carboxylic acids is 2. The molecule has 0 radical (unpaired) electrons. The van der Waals surface area contributed by atoms with Gasteiger partial charge < -0.3 is 19.4 Å². The molecule has 0 bridgehead atoms. The first-order valence-electron chi connectivity index (χ1n) is 36.5. The zero-order valence-electron chi connectivity index (χ0n) is 56.0. The fraction of sp³-hybridized carbons (Fsp3) is 0.944. The highest BCUT2D eigenvalue weighted by molar-refractivity contribution is 7.47. The largest absolute Gasteiger partial charge is 0.472 e. The Morgan fingerprint density at radius 2 is 0.695 bits per heavy atom. The Kier molecular flexibility index (Phi) is 61.8. The van der Waals surface area contributed by atoms with Crippen LogP contribution in [-0.4, -0.2) is 74.3 Å². The Bertz CT molecular complexity index is 1410. The van der Waals surface area contributed by atoms with Crippen LogP contribution in [0.2, 0.25) is 0 Å². The summed E-state index contributed by atoms with van der Waals surface area (Å²) in [6.07, 6.45) is 75.2. The maximum Gasteiger partial charge on any atom is 0.472 e. The topological polar surface area (TPSA) is 111 Å². The van der Waals surface area contributed by atoms with Gasteiger partial charge in [-0.2, -0.15) is 0 Å². The highest BCUT2D eigenvalue weighted by atomic mass is 31.2. The van der Waals surface area contributed by atoms with Gasteiger partial charge in [0.1, 0.15) is 19.3 Å². The Labute approximate surface area is 511 Å². The summed E-state index contributed by atoms with van der Waals surface area (Å²) in [4.78, 5) is 37.9. The van der Waals surface area contributed by atoms with E-state index in [0.29, 0.717) is 23.9 Å². The second-order valence-electron chi connectivity index (χ2n) is 26.5. The molecule has 0 aromatic heterocycles. The van der Waals surface area contributed by atoms with Crippen molar-refractivity contribution in [2.75, 3.05) is 40.9 Å². The third-order valence-electron chi connectivity index (χ3n) is 17.0. The Morgan fingerprint density at radius 3 is 1.00 bits per heavy atom. The lowest BCUT2D eigenvalue weighted by atomic mass is 10.0. The normalized spacial score (nSPS) is 13.5. The maximum atomic E-state index is 13.6. The van der Waals surface area contributed by atoms with Crippen LogP contribution in [0.25, 0.3) is 0 Å². The van der Waals surface area contributed by atoms with Crippen LogP contribution < -0.4 is 5.32 Å². The standard InChI is InChI=1S/C72H143N2O7P/c1-7-10-13-16-19-22-25-28-30-32-33-34-35-36-37-38-39-40-41-43-44-46-49-52-55-58-61-64-71(75)73-69(68-80-82(77,78)79-67-66-74(4,5)6)70(63-60-57-54-51-48-27-24-21-18-15-12-9-3)81-72(76)65-62-59-56-53-50-47-45-42-31-29-26-23-20-17-14-11-8-2/h60,63,69-70H,7-59,61-62,64-68H2,1-6H3,(H-,73,75,77,78)/p+1/b63-60-. The van der Waals surface area contributed by atoms with Crippen LogP contribution in [0.3, 0.4) is 0 Å². The van der Waals surface area contributed by atoms with Crippen molar-refractivity contribution in [3.05, 3.63) is 12.2 Å². The molecule has 0 aromatic carbocycles. The van der Waals surface area contributed by atoms with Gasteiger partial charge in [0.25, 0.3) is 0 Å². The molecule has 0 rings (SSSR count). The highest BCUT2D eigenvalue weighted by Gasteiger charge is 2.30. The van der Waals surface area contributed by atoms with Gasteiger partial charge in [-0.05, 0) is 31.8 Å². The van der Waals surface area contributed by atoms with E-state index in [4.69, 9.17) is 13.8 Å². The van der Waals surface area contributed by atoms with E-state index in [-0.39, 0.29) is 25.1 Å². The molecule has 2 N–H and O–H groups in total. The monoisotopic (exact) mass is 1180 g/mol. The third-order valence-corrected chi connectivity index (χ3v) is 18.0. The van der Waals surface area contributed by atoms with Crippen molar-refractivity contribution in [2.45, 2.75) is 399 Å². The molecule has 0 aliphatic rings. The maximum absolute atomic E-state index is 13.6. The van der Waals surface area contributed by atoms with Crippen LogP contribution in [-0.2, 0) is 27.9 Å². The van der Waals surface area contributed by atoms with E-state index in [2.05, 4.69) is 32.2 Å². The van der Waals surface area contributed by atoms with Crippen molar-refractivity contribution >= 4 is 19.7 Å². The number of amides is 1. The fourth-order valence-corrected chi connectivity index (χ4v) is 12.1. The minimum atomic E-state index is -4.45. The fourth-order valence-electron chi connectivity index (χ4n) is 11.4. The summed E-state index contributed by atoms with van der Waals surface area (Å²) in [6, 6.07) is -0.840. The molecule has 0 aliphatic heterocycles. The first-order chi connectivity index (χ1) is 39.9. The van der Waals surface area contributed by atoms with Gasteiger partial charge in [-0.25, -0.2) is 4.57 Å². The number of hydrogen-bond donors (Lipinski definition) is 2. The summed E-state index contributed by atoms with van der Waals surface area (Å²) >= 11 is 0. The Morgan fingerprint density at radius 1 is 0.415 bits per heavy atom. The van der Waals surface area contributed by atoms with E-state index in [1.54, 1.807) is 0 Å². The molecule has 10 heteroatoms. The van der Waals surface area contributed by atoms with Crippen LogP contribution >= 0.6 is 7.82 Å². The van der Waals surface area contributed by atoms with Crippen molar-refractivity contribution in [1.82, 2.24) is 5.32 Å². The number of esters is 1. The molecule has 0 saturated carbocycles. The number of phosphoric acid groups is 1. The molecule has 9 nitrogen and oxygen atoms in total. The first-order valence-corrected chi connectivity index (χ1v) is 38.0. The molecule has 3 atom stereocenters. The quantitative estimate of drug-likeness (QED) is 0.0205. The molecular weight excluding hydrogens is 1040 g/mol. The number of nitrogens with one attached hydrogen (secondary N) is 1. The second kappa shape index (κ2) is 62.8. The van der Waals surface area contributed by atoms with Gasteiger partial charge in [0.05, 0.1) is 33.8 Å². The SMILES string of the molecule is CCCCCCCCCCCC/C=C\C(OC(=O)CCCCCCCCCCCCCCCCCCC)C(COP(=O)(O)OCC[N+](C)(C)C)NC(=O)CCCCCCCCCCCCCCCCCCCCCCCCCCCCC. The number of hydrogen-bond acceptors (Lipinski definition) is 6. The Balaban J connectivity index is 4.93. The number of nitrogens with zero attached hydrogens (tertiary/aromatic N) is 1. The lowest BCUT2D eigenvalue weighted by Gasteiger charge is -2.27. The lowest BCUT2D eigenvalue weighted by Crippen LogP contribution is -2.47. The second-order valence-corrected chi connectivity index (χ2v) is 27.9. The molecule has 0 aromatic rings. The molecule has 0 fully saturated rings. The summed E-state index contributed by atoms with van der Waals surface area (Å²) in [7, 11) is 1.52. The molecule has 1 amide bonds. The Hall–Kier alpha value is -1.25. The lowest BCUT2D eigenvalue weighted by molar-refractivity contribution is -0.870. The van der Waals surface area contributed by atoms with Gasteiger partial charge in [-0.15, -0.1) is 0 Å². The molecular formula is C72H144N2O7P+. The van der Waals surface area contributed by atoms with E-state index in [1.165, 1.54) is 295 Å². The molecule has 0 spiro atoms. The van der Waals surface area contributed by atoms with E-state index in [9.17, 15) is 19.0 Å². The van der Waals surface area contributed by atoms with Crippen molar-refractivity contribution in [3.63, 3.8) is 0 Å². The first kappa shape index (κ1) is 80.8. The highest BCUT2D eigenvalue weighted by Crippen LogP contribution is 2.43. The summed E-state index contributed by atoms with van der Waals surface area (Å²) in [5.74, 6) is -0.477. The molecule has 3 unspecified atom stereocenters. The van der Waals surface area contributed by atoms with Crippen LogP contribution in [0.1, 0.15) is 387 Å². The van der Waals surface area contributed by atoms with Crippen molar-refractivity contribution in [3.8, 4) is 0 Å². The summed E-state index contributed by atoms with van der Waals surface area (Å²) < 4.78 is 30.8. The van der Waals surface area contributed by atoms with Gasteiger partial charge in [-0.1, -0.05) is 354 Å². The number of phosphoric ester groups is 1. The zero-order chi connectivity index (χ0) is 60.0. The van der Waals surface area contributed by atoms with Crippen molar-refractivity contribution in [1.29, 1.82) is 0 Å². The smallest absolute Gasteiger partial charge is 0.456 e. The predicted octanol–water partition coefficient (Wildman–Crippen LogP) is 23.1. The zero-order valence-corrected chi connectivity index (χ0v) is 56.9. The summed E-state index contributed by atoms with van der Waals surface area (Å²) in [5, 5.41) is 3.08. The van der Waals surface area contributed by atoms with Crippen molar-refractivity contribution < 1.29 is 37.3 Å². The van der Waals surface area contributed by atoms with Gasteiger partial charge in [0.2, 0.25) is 5.91 Å².